The van der Waals surface area contributed by atoms with Crippen molar-refractivity contribution in [2.75, 3.05) is 20.3 Å². The number of hydrogen-bond acceptors (Lipinski definition) is 3. The molecule has 16 heavy (non-hydrogen) atoms. The lowest BCUT2D eigenvalue weighted by Crippen LogP contribution is -2.18. The van der Waals surface area contributed by atoms with Crippen molar-refractivity contribution in [1.82, 2.24) is 14.9 Å². The Labute approximate surface area is 101 Å². The minimum Gasteiger partial charge on any atom is -0.381 e. The van der Waals surface area contributed by atoms with Crippen LogP contribution in [0.2, 0.25) is 5.15 Å². The first kappa shape index (κ1) is 11.9. The predicted molar refractivity (Wildman–Crippen MR) is 63.8 cm³/mol. The zero-order valence-corrected chi connectivity index (χ0v) is 10.5. The molecule has 0 aliphatic carbocycles. The van der Waals surface area contributed by atoms with Crippen LogP contribution in [-0.2, 0) is 18.3 Å². The number of imidazole rings is 1. The number of halogens is 1. The van der Waals surface area contributed by atoms with Gasteiger partial charge in [-0.05, 0) is 19.9 Å². The molecule has 2 heterocycles. The molecular weight excluding hydrogens is 226 g/mol. The predicted octanol–water partition coefficient (Wildman–Crippen LogP) is 1.69. The molecule has 0 aromatic carbocycles. The SMILES string of the molecule is CNCc1nc(Cl)c(C2CCOCC2)n1C. The fourth-order valence-corrected chi connectivity index (χ4v) is 2.63. The Morgan fingerprint density at radius 3 is 2.81 bits per heavy atom. The molecular formula is C11H18ClN3O. The molecule has 5 heteroatoms. The summed E-state index contributed by atoms with van der Waals surface area (Å²) in [5, 5.41) is 3.75. The zero-order chi connectivity index (χ0) is 11.5. The maximum atomic E-state index is 6.22. The minimum absolute atomic E-state index is 0.490. The lowest BCUT2D eigenvalue weighted by molar-refractivity contribution is 0.0839. The summed E-state index contributed by atoms with van der Waals surface area (Å²) >= 11 is 6.22. The van der Waals surface area contributed by atoms with E-state index < -0.39 is 0 Å². The van der Waals surface area contributed by atoms with E-state index >= 15 is 0 Å². The molecule has 4 nitrogen and oxygen atoms in total. The summed E-state index contributed by atoms with van der Waals surface area (Å²) in [5.41, 5.74) is 1.16. The van der Waals surface area contributed by atoms with Gasteiger partial charge in [-0.15, -0.1) is 0 Å². The van der Waals surface area contributed by atoms with Gasteiger partial charge in [0.05, 0.1) is 12.2 Å². The van der Waals surface area contributed by atoms with Crippen LogP contribution >= 0.6 is 11.6 Å². The average molecular weight is 244 g/mol. The van der Waals surface area contributed by atoms with Crippen LogP contribution in [0.5, 0.6) is 0 Å². The lowest BCUT2D eigenvalue weighted by Gasteiger charge is -2.22. The minimum atomic E-state index is 0.490. The fourth-order valence-electron chi connectivity index (χ4n) is 2.25. The fraction of sp³-hybridized carbons (Fsp3) is 0.727. The molecule has 2 rings (SSSR count). The van der Waals surface area contributed by atoms with Crippen molar-refractivity contribution in [2.45, 2.75) is 25.3 Å². The zero-order valence-electron chi connectivity index (χ0n) is 9.79. The molecule has 90 valence electrons. The van der Waals surface area contributed by atoms with E-state index in [9.17, 15) is 0 Å². The second kappa shape index (κ2) is 5.17. The summed E-state index contributed by atoms with van der Waals surface area (Å²) in [6, 6.07) is 0. The van der Waals surface area contributed by atoms with Crippen LogP contribution in [0.1, 0.15) is 30.3 Å². The Morgan fingerprint density at radius 2 is 2.19 bits per heavy atom. The smallest absolute Gasteiger partial charge is 0.150 e. The standard InChI is InChI=1S/C11H18ClN3O/c1-13-7-9-14-11(12)10(15(9)2)8-3-5-16-6-4-8/h8,13H,3-7H2,1-2H3. The number of ether oxygens (including phenoxy) is 1. The third kappa shape index (κ3) is 2.24. The molecule has 0 bridgehead atoms. The van der Waals surface area contributed by atoms with Gasteiger partial charge in [0.15, 0.2) is 5.15 Å². The van der Waals surface area contributed by atoms with Crippen molar-refractivity contribution >= 4 is 11.6 Å². The van der Waals surface area contributed by atoms with Crippen LogP contribution in [0, 0.1) is 0 Å². The van der Waals surface area contributed by atoms with Crippen LogP contribution in [0.25, 0.3) is 0 Å². The first-order valence-electron chi connectivity index (χ1n) is 5.67. The van der Waals surface area contributed by atoms with Gasteiger partial charge in [-0.2, -0.15) is 0 Å². The Bertz CT molecular complexity index is 358. The highest BCUT2D eigenvalue weighted by Crippen LogP contribution is 2.32. The molecule has 0 unspecified atom stereocenters. The third-order valence-electron chi connectivity index (χ3n) is 3.13. The monoisotopic (exact) mass is 243 g/mol. The van der Waals surface area contributed by atoms with E-state index in [4.69, 9.17) is 16.3 Å². The van der Waals surface area contributed by atoms with Gasteiger partial charge >= 0.3 is 0 Å². The normalized spacial score (nSPS) is 17.9. The number of nitrogens with zero attached hydrogens (tertiary/aromatic N) is 2. The van der Waals surface area contributed by atoms with E-state index in [0.29, 0.717) is 11.1 Å². The summed E-state index contributed by atoms with van der Waals surface area (Å²) in [6.45, 7) is 2.40. The third-order valence-corrected chi connectivity index (χ3v) is 3.41. The van der Waals surface area contributed by atoms with Crippen molar-refractivity contribution in [3.05, 3.63) is 16.7 Å². The number of aromatic nitrogens is 2. The van der Waals surface area contributed by atoms with Crippen LogP contribution < -0.4 is 5.32 Å². The molecule has 1 saturated heterocycles. The van der Waals surface area contributed by atoms with Crippen LogP contribution in [0.4, 0.5) is 0 Å². The molecule has 1 aromatic rings. The van der Waals surface area contributed by atoms with Gasteiger partial charge in [-0.25, -0.2) is 4.98 Å². The second-order valence-corrected chi connectivity index (χ2v) is 4.54. The van der Waals surface area contributed by atoms with Crippen LogP contribution in [0.15, 0.2) is 0 Å². The van der Waals surface area contributed by atoms with E-state index in [0.717, 1.165) is 44.1 Å². The van der Waals surface area contributed by atoms with Gasteiger partial charge in [0.25, 0.3) is 0 Å². The Balaban J connectivity index is 2.24. The Hall–Kier alpha value is -0.580. The van der Waals surface area contributed by atoms with E-state index in [1.54, 1.807) is 0 Å². The molecule has 1 aromatic heterocycles. The van der Waals surface area contributed by atoms with Crippen molar-refractivity contribution in [2.24, 2.45) is 7.05 Å². The van der Waals surface area contributed by atoms with Gasteiger partial charge in [-0.1, -0.05) is 11.6 Å². The van der Waals surface area contributed by atoms with Gasteiger partial charge in [0, 0.05) is 26.2 Å². The van der Waals surface area contributed by atoms with Gasteiger partial charge < -0.3 is 14.6 Å². The molecule has 0 saturated carbocycles. The molecule has 1 N–H and O–H groups in total. The number of rotatable bonds is 3. The van der Waals surface area contributed by atoms with Crippen molar-refractivity contribution in [1.29, 1.82) is 0 Å². The summed E-state index contributed by atoms with van der Waals surface area (Å²) in [4.78, 5) is 4.40. The maximum absolute atomic E-state index is 6.22. The highest BCUT2D eigenvalue weighted by molar-refractivity contribution is 6.30. The van der Waals surface area contributed by atoms with Crippen LogP contribution in [0.3, 0.4) is 0 Å². The van der Waals surface area contributed by atoms with Crippen molar-refractivity contribution in [3.63, 3.8) is 0 Å². The second-order valence-electron chi connectivity index (χ2n) is 4.18. The highest BCUT2D eigenvalue weighted by Gasteiger charge is 2.23. The molecule has 1 aliphatic rings. The lowest BCUT2D eigenvalue weighted by atomic mass is 9.97. The largest absolute Gasteiger partial charge is 0.381 e. The Kier molecular flexibility index (Phi) is 3.84. The van der Waals surface area contributed by atoms with Crippen molar-refractivity contribution < 1.29 is 4.74 Å². The maximum Gasteiger partial charge on any atom is 0.150 e. The molecule has 0 atom stereocenters. The molecule has 0 radical (unpaired) electrons. The summed E-state index contributed by atoms with van der Waals surface area (Å²) < 4.78 is 7.49. The first-order chi connectivity index (χ1) is 7.74. The Morgan fingerprint density at radius 1 is 1.50 bits per heavy atom. The molecule has 1 fully saturated rings. The van der Waals surface area contributed by atoms with E-state index in [2.05, 4.69) is 14.9 Å². The summed E-state index contributed by atoms with van der Waals surface area (Å²) in [6.07, 6.45) is 2.08. The van der Waals surface area contributed by atoms with Crippen LogP contribution in [-0.4, -0.2) is 29.8 Å². The van der Waals surface area contributed by atoms with Crippen molar-refractivity contribution in [3.8, 4) is 0 Å². The van der Waals surface area contributed by atoms with Gasteiger partial charge in [0.1, 0.15) is 5.82 Å². The van der Waals surface area contributed by atoms with E-state index in [1.807, 2.05) is 14.1 Å². The average Bonchev–Trinajstić information content (AvgIpc) is 2.56. The summed E-state index contributed by atoms with van der Waals surface area (Å²) in [5.74, 6) is 1.48. The van der Waals surface area contributed by atoms with Gasteiger partial charge in [0.2, 0.25) is 0 Å². The highest BCUT2D eigenvalue weighted by atomic mass is 35.5. The molecule has 0 spiro atoms. The van der Waals surface area contributed by atoms with E-state index in [1.165, 1.54) is 0 Å². The quantitative estimate of drug-likeness (QED) is 0.878. The van der Waals surface area contributed by atoms with E-state index in [-0.39, 0.29) is 0 Å². The molecule has 1 aliphatic heterocycles. The topological polar surface area (TPSA) is 39.1 Å². The first-order valence-corrected chi connectivity index (χ1v) is 6.05. The summed E-state index contributed by atoms with van der Waals surface area (Å²) in [7, 11) is 3.95. The molecule has 0 amide bonds. The number of nitrogens with one attached hydrogen (secondary N) is 1. The van der Waals surface area contributed by atoms with Gasteiger partial charge in [-0.3, -0.25) is 0 Å². The number of hydrogen-bond donors (Lipinski definition) is 1.